The first-order chi connectivity index (χ1) is 14.5. The molecule has 174 valence electrons. The van der Waals surface area contributed by atoms with Crippen molar-refractivity contribution in [1.82, 2.24) is 20.9 Å². The molecule has 12 nitrogen and oxygen atoms in total. The fourth-order valence-electron chi connectivity index (χ4n) is 3.04. The zero-order valence-electron chi connectivity index (χ0n) is 18.2. The normalized spacial score (nSPS) is 18.4. The number of rotatable bonds is 10. The maximum absolute atomic E-state index is 12.8. The van der Waals surface area contributed by atoms with Gasteiger partial charge in [-0.15, -0.1) is 0 Å². The first kappa shape index (κ1) is 26.4. The van der Waals surface area contributed by atoms with Crippen LogP contribution >= 0.6 is 0 Å². The first-order valence-electron chi connectivity index (χ1n) is 10.1. The van der Waals surface area contributed by atoms with Gasteiger partial charge < -0.3 is 35.6 Å². The van der Waals surface area contributed by atoms with Crippen molar-refractivity contribution in [3.63, 3.8) is 0 Å². The SMILES string of the molecule is COC(=O)CCC(=O)N[C@@H](C)C(=O)N[C@@H](C)C(=O)N1CCC[C@H]1C(=O)NC(C)B(O)O. The predicted molar refractivity (Wildman–Crippen MR) is 109 cm³/mol. The van der Waals surface area contributed by atoms with Crippen LogP contribution in [0.1, 0.15) is 46.5 Å². The molecule has 0 aliphatic carbocycles. The molecule has 4 amide bonds. The Morgan fingerprint density at radius 2 is 1.68 bits per heavy atom. The molecule has 0 aromatic heterocycles. The molecule has 1 aliphatic heterocycles. The van der Waals surface area contributed by atoms with Gasteiger partial charge in [-0.3, -0.25) is 24.0 Å². The number of carbonyl (C=O) groups is 5. The highest BCUT2D eigenvalue weighted by Gasteiger charge is 2.37. The van der Waals surface area contributed by atoms with Crippen LogP contribution in [0.25, 0.3) is 0 Å². The van der Waals surface area contributed by atoms with E-state index in [1.54, 1.807) is 0 Å². The minimum atomic E-state index is -1.72. The second kappa shape index (κ2) is 12.3. The van der Waals surface area contributed by atoms with E-state index < -0.39 is 60.8 Å². The largest absolute Gasteiger partial charge is 0.475 e. The molecule has 0 aromatic carbocycles. The number of ether oxygens (including phenoxy) is 1. The smallest absolute Gasteiger partial charge is 0.469 e. The van der Waals surface area contributed by atoms with Crippen molar-refractivity contribution in [3.8, 4) is 0 Å². The van der Waals surface area contributed by atoms with Crippen LogP contribution in [0.2, 0.25) is 0 Å². The van der Waals surface area contributed by atoms with Gasteiger partial charge in [0.05, 0.1) is 19.5 Å². The van der Waals surface area contributed by atoms with E-state index in [0.717, 1.165) is 0 Å². The second-order valence-corrected chi connectivity index (χ2v) is 7.50. The standard InChI is InChI=1S/C18H31BN4O8/c1-10(20-14(24)7-8-15(25)31-4)16(26)21-11(2)18(28)23-9-5-6-13(23)17(27)22-12(3)19(29)30/h10-13,29-30H,5-9H2,1-4H3,(H,20,24)(H,21,26)(H,22,27)/t10-,11-,12?,13-/m0/s1. The maximum atomic E-state index is 12.8. The lowest BCUT2D eigenvalue weighted by Crippen LogP contribution is -2.56. The number of nitrogens with zero attached hydrogens (tertiary/aromatic N) is 1. The van der Waals surface area contributed by atoms with E-state index in [4.69, 9.17) is 10.0 Å². The van der Waals surface area contributed by atoms with Crippen LogP contribution in [0.3, 0.4) is 0 Å². The average Bonchev–Trinajstić information content (AvgIpc) is 3.20. The van der Waals surface area contributed by atoms with Gasteiger partial charge >= 0.3 is 13.1 Å². The van der Waals surface area contributed by atoms with Crippen molar-refractivity contribution >= 4 is 36.7 Å². The van der Waals surface area contributed by atoms with Crippen molar-refractivity contribution in [3.05, 3.63) is 0 Å². The molecule has 5 N–H and O–H groups in total. The molecule has 0 radical (unpaired) electrons. The summed E-state index contributed by atoms with van der Waals surface area (Å²) in [5.74, 6) is -3.51. The van der Waals surface area contributed by atoms with E-state index in [2.05, 4.69) is 20.7 Å². The number of esters is 1. The van der Waals surface area contributed by atoms with E-state index in [-0.39, 0.29) is 12.8 Å². The summed E-state index contributed by atoms with van der Waals surface area (Å²) in [6.07, 6.45) is 0.757. The molecule has 0 aromatic rings. The minimum absolute atomic E-state index is 0.115. The van der Waals surface area contributed by atoms with Gasteiger partial charge in [-0.2, -0.15) is 0 Å². The van der Waals surface area contributed by atoms with Gasteiger partial charge in [-0.25, -0.2) is 0 Å². The van der Waals surface area contributed by atoms with E-state index in [1.807, 2.05) is 0 Å². The molecule has 1 fully saturated rings. The summed E-state index contributed by atoms with van der Waals surface area (Å²) in [6, 6.07) is -2.66. The van der Waals surface area contributed by atoms with Crippen LogP contribution in [0.5, 0.6) is 0 Å². The highest BCUT2D eigenvalue weighted by molar-refractivity contribution is 6.43. The molecule has 4 atom stereocenters. The van der Waals surface area contributed by atoms with Crippen LogP contribution in [0, 0.1) is 0 Å². The van der Waals surface area contributed by atoms with Gasteiger partial charge in [0.25, 0.3) is 0 Å². The summed E-state index contributed by atoms with van der Waals surface area (Å²) in [6.45, 7) is 4.66. The van der Waals surface area contributed by atoms with Crippen LogP contribution < -0.4 is 16.0 Å². The zero-order valence-corrected chi connectivity index (χ0v) is 18.2. The van der Waals surface area contributed by atoms with Crippen LogP contribution in [0.15, 0.2) is 0 Å². The quantitative estimate of drug-likeness (QED) is 0.182. The first-order valence-corrected chi connectivity index (χ1v) is 10.1. The van der Waals surface area contributed by atoms with Crippen molar-refractivity contribution < 1.29 is 38.8 Å². The molecule has 1 heterocycles. The Morgan fingerprint density at radius 3 is 2.26 bits per heavy atom. The third-order valence-electron chi connectivity index (χ3n) is 4.94. The van der Waals surface area contributed by atoms with Gasteiger partial charge in [0.15, 0.2) is 0 Å². The number of nitrogens with one attached hydrogen (secondary N) is 3. The number of likely N-dealkylation sites (tertiary alicyclic amines) is 1. The second-order valence-electron chi connectivity index (χ2n) is 7.50. The highest BCUT2D eigenvalue weighted by atomic mass is 16.5. The Hall–Kier alpha value is -2.67. The summed E-state index contributed by atoms with van der Waals surface area (Å²) in [5.41, 5.74) is 0. The number of hydrogen-bond acceptors (Lipinski definition) is 8. The number of amides is 4. The van der Waals surface area contributed by atoms with Crippen LogP contribution in [-0.2, 0) is 28.7 Å². The fraction of sp³-hybridized carbons (Fsp3) is 0.722. The Kier molecular flexibility index (Phi) is 10.4. The van der Waals surface area contributed by atoms with Crippen molar-refractivity contribution in [1.29, 1.82) is 0 Å². The molecule has 1 unspecified atom stereocenters. The average molecular weight is 442 g/mol. The summed E-state index contributed by atoms with van der Waals surface area (Å²) in [5, 5.41) is 25.6. The van der Waals surface area contributed by atoms with Gasteiger partial charge in [0, 0.05) is 13.0 Å². The molecule has 31 heavy (non-hydrogen) atoms. The van der Waals surface area contributed by atoms with Crippen molar-refractivity contribution in [2.45, 2.75) is 70.5 Å². The van der Waals surface area contributed by atoms with Crippen molar-refractivity contribution in [2.24, 2.45) is 0 Å². The zero-order chi connectivity index (χ0) is 23.7. The Balaban J connectivity index is 2.59. The van der Waals surface area contributed by atoms with E-state index in [1.165, 1.54) is 32.8 Å². The molecule has 13 heteroatoms. The third-order valence-corrected chi connectivity index (χ3v) is 4.94. The molecular weight excluding hydrogens is 411 g/mol. The Bertz CT molecular complexity index is 689. The van der Waals surface area contributed by atoms with Gasteiger partial charge in [-0.1, -0.05) is 0 Å². The lowest BCUT2D eigenvalue weighted by atomic mass is 9.81. The Morgan fingerprint density at radius 1 is 1.03 bits per heavy atom. The molecule has 0 saturated carbocycles. The van der Waals surface area contributed by atoms with Gasteiger partial charge in [0.2, 0.25) is 23.6 Å². The number of hydrogen-bond donors (Lipinski definition) is 5. The van der Waals surface area contributed by atoms with Crippen LogP contribution in [0.4, 0.5) is 0 Å². The molecule has 1 aliphatic rings. The molecule has 0 spiro atoms. The molecule has 1 rings (SSSR count). The lowest BCUT2D eigenvalue weighted by molar-refractivity contribution is -0.142. The molecular formula is C18H31BN4O8. The predicted octanol–water partition coefficient (Wildman–Crippen LogP) is -2.54. The molecule has 0 bridgehead atoms. The topological polar surface area (TPSA) is 174 Å². The van der Waals surface area contributed by atoms with E-state index in [0.29, 0.717) is 19.4 Å². The minimum Gasteiger partial charge on any atom is -0.469 e. The fourth-order valence-corrected chi connectivity index (χ4v) is 3.04. The third kappa shape index (κ3) is 8.17. The summed E-state index contributed by atoms with van der Waals surface area (Å²) >= 11 is 0. The lowest BCUT2D eigenvalue weighted by Gasteiger charge is -2.28. The number of carbonyl (C=O) groups excluding carboxylic acids is 5. The van der Waals surface area contributed by atoms with E-state index >= 15 is 0 Å². The van der Waals surface area contributed by atoms with Crippen molar-refractivity contribution in [2.75, 3.05) is 13.7 Å². The van der Waals surface area contributed by atoms with Gasteiger partial charge in [-0.05, 0) is 33.6 Å². The van der Waals surface area contributed by atoms with Crippen LogP contribution in [-0.4, -0.2) is 89.4 Å². The number of methoxy groups -OCH3 is 1. The maximum Gasteiger partial charge on any atom is 0.475 e. The summed E-state index contributed by atoms with van der Waals surface area (Å²) in [7, 11) is -0.517. The van der Waals surface area contributed by atoms with E-state index in [9.17, 15) is 24.0 Å². The monoisotopic (exact) mass is 442 g/mol. The molecule has 1 saturated heterocycles. The van der Waals surface area contributed by atoms with Gasteiger partial charge in [0.1, 0.15) is 18.1 Å². The summed E-state index contributed by atoms with van der Waals surface area (Å²) < 4.78 is 4.45. The highest BCUT2D eigenvalue weighted by Crippen LogP contribution is 2.19. The Labute approximate surface area is 181 Å². The summed E-state index contributed by atoms with van der Waals surface area (Å²) in [4.78, 5) is 61.7.